The number of fused-ring (bicyclic) bond motifs is 2. The van der Waals surface area contributed by atoms with E-state index in [0.29, 0.717) is 32.8 Å². The van der Waals surface area contributed by atoms with Crippen molar-refractivity contribution >= 4 is 116 Å². The van der Waals surface area contributed by atoms with Gasteiger partial charge < -0.3 is 0 Å². The largest absolute Gasteiger partial charge is 0 e. The molecule has 0 saturated heterocycles. The Morgan fingerprint density at radius 3 is 1.33 bits per heavy atom. The molecule has 4 N–H and O–H groups in total. The summed E-state index contributed by atoms with van der Waals surface area (Å²) in [5, 5.41) is 6.34. The van der Waals surface area contributed by atoms with E-state index in [4.69, 9.17) is 25.3 Å². The first-order valence-electron chi connectivity index (χ1n) is 12.7. The summed E-state index contributed by atoms with van der Waals surface area (Å²) < 4.78 is -0.619. The van der Waals surface area contributed by atoms with E-state index in [1.165, 1.54) is 0 Å². The Labute approximate surface area is 303 Å². The third-order valence-electron chi connectivity index (χ3n) is 5.80. The number of hydrogen-bond acceptors (Lipinski definition) is 8. The Morgan fingerprint density at radius 1 is 0.578 bits per heavy atom. The van der Waals surface area contributed by atoms with Crippen molar-refractivity contribution in [1.82, 2.24) is 19.9 Å². The number of imidazole rings is 2. The average Bonchev–Trinajstić information content (AvgIpc) is 3.57. The summed E-state index contributed by atoms with van der Waals surface area (Å²) in [6, 6.07) is 28.3. The second-order valence-corrected chi connectivity index (χ2v) is 15.1. The van der Waals surface area contributed by atoms with Crippen LogP contribution in [0.5, 0.6) is 0 Å². The first-order chi connectivity index (χ1) is 21.2. The van der Waals surface area contributed by atoms with Gasteiger partial charge in [0.1, 0.15) is 0 Å². The number of carbonyl (C=O) groups is 4. The minimum Gasteiger partial charge on any atom is 0 e. The number of nitrogens with zero attached hydrogens (tertiary/aromatic N) is 2. The van der Waals surface area contributed by atoms with Crippen LogP contribution in [0.15, 0.2) is 107 Å². The minimum absolute atomic E-state index is 0. The fourth-order valence-electron chi connectivity index (χ4n) is 3.85. The van der Waals surface area contributed by atoms with Gasteiger partial charge in [-0.25, -0.2) is 0 Å². The zero-order valence-electron chi connectivity index (χ0n) is 22.7. The van der Waals surface area contributed by atoms with Gasteiger partial charge in [0.05, 0.1) is 0 Å². The Bertz CT molecular complexity index is 1850. The Kier molecular flexibility index (Phi) is 12.7. The molecule has 231 valence electrons. The minimum atomic E-state index is -1.48. The molecule has 0 aliphatic rings. The molecule has 0 aliphatic heterocycles. The quantitative estimate of drug-likeness (QED) is 0.122. The monoisotopic (exact) mass is 1050 g/mol. The zero-order chi connectivity index (χ0) is 31.1. The van der Waals surface area contributed by atoms with Gasteiger partial charge in [0.15, 0.2) is 0 Å². The van der Waals surface area contributed by atoms with Crippen molar-refractivity contribution in [2.45, 2.75) is 10.3 Å². The van der Waals surface area contributed by atoms with Crippen molar-refractivity contribution in [3.05, 3.63) is 108 Å². The number of aromatic amines is 2. The molecule has 45 heavy (non-hydrogen) atoms. The third kappa shape index (κ3) is 9.92. The number of carbonyl (C=O) groups excluding carboxylic acids is 4. The van der Waals surface area contributed by atoms with Crippen LogP contribution in [0.25, 0.3) is 22.1 Å². The molecule has 0 spiro atoms. The Balaban J connectivity index is 0.000000200. The molecule has 0 unspecified atom stereocenters. The van der Waals surface area contributed by atoms with E-state index < -0.39 is 41.8 Å². The van der Waals surface area contributed by atoms with Crippen molar-refractivity contribution < 1.29 is 41.6 Å². The number of nitrogens with one attached hydrogen (secondary N) is 4. The summed E-state index contributed by atoms with van der Waals surface area (Å²) in [6.45, 7) is 0. The summed E-state index contributed by atoms with van der Waals surface area (Å²) in [7, 11) is 0. The number of aromatic nitrogens is 4. The molecule has 2 aromatic heterocycles. The number of hydrogen-bond donors (Lipinski definition) is 4. The van der Waals surface area contributed by atoms with E-state index >= 15 is 0 Å². The third-order valence-corrected chi connectivity index (χ3v) is 10.2. The molecule has 0 saturated carbocycles. The summed E-state index contributed by atoms with van der Waals surface area (Å²) in [5.41, 5.74) is 5.44. The van der Waals surface area contributed by atoms with E-state index in [2.05, 4.69) is 30.6 Å². The molecular formula is C30H20AuN6O4S2Te2-2. The van der Waals surface area contributed by atoms with Gasteiger partial charge in [-0.3, -0.25) is 0 Å². The molecule has 10 nitrogen and oxygen atoms in total. The van der Waals surface area contributed by atoms with Crippen LogP contribution in [0.2, 0.25) is 0 Å². The molecule has 0 aliphatic carbocycles. The maximum absolute atomic E-state index is 12.0. The molecule has 2 amide bonds. The number of rotatable bonds is 8. The normalized spacial score (nSPS) is 10.3. The SMILES string of the molecule is O=C(Nc1ccc2nc([S-])[nH]c2c1)[Te]C(=O)c1ccccc1.O=C(Nc1ccc2nc([S-])[nH]c2c1)[Te]C(=O)c1ccccc1.[Au]. The van der Waals surface area contributed by atoms with Gasteiger partial charge in [-0.05, 0) is 0 Å². The van der Waals surface area contributed by atoms with Crippen molar-refractivity contribution in [2.24, 2.45) is 0 Å². The molecule has 6 rings (SSSR count). The topological polar surface area (TPSA) is 150 Å². The van der Waals surface area contributed by atoms with Crippen LogP contribution in [0.3, 0.4) is 0 Å². The van der Waals surface area contributed by atoms with Gasteiger partial charge in [-0.15, -0.1) is 0 Å². The van der Waals surface area contributed by atoms with Crippen LogP contribution in [0.1, 0.15) is 20.7 Å². The molecule has 0 atom stereocenters. The molecule has 15 heteroatoms. The predicted octanol–water partition coefficient (Wildman–Crippen LogP) is 5.09. The van der Waals surface area contributed by atoms with Crippen LogP contribution in [0.4, 0.5) is 21.0 Å². The summed E-state index contributed by atoms with van der Waals surface area (Å²) >= 11 is 6.97. The van der Waals surface area contributed by atoms with E-state index in [-0.39, 0.29) is 38.0 Å². The standard InChI is InChI=1S/2C15H11N3O2STe.Au/c2*19-13(9-4-2-1-3-5-9)22-15(20)16-10-6-7-11-12(8-10)18-14(21)17-11;/h2*1-8H,(H,16,20)(H2,17,18,21);/p-2. The van der Waals surface area contributed by atoms with E-state index in [9.17, 15) is 19.2 Å². The van der Waals surface area contributed by atoms with Gasteiger partial charge in [-0.2, -0.15) is 0 Å². The van der Waals surface area contributed by atoms with Gasteiger partial charge in [0.25, 0.3) is 0 Å². The molecule has 4 aromatic carbocycles. The van der Waals surface area contributed by atoms with Gasteiger partial charge in [0.2, 0.25) is 0 Å². The van der Waals surface area contributed by atoms with Gasteiger partial charge in [0, 0.05) is 22.4 Å². The Morgan fingerprint density at radius 2 is 0.956 bits per heavy atom. The number of anilines is 2. The summed E-state index contributed by atoms with van der Waals surface area (Å²) in [6.07, 6.45) is 0. The van der Waals surface area contributed by atoms with E-state index in [1.54, 1.807) is 84.9 Å². The number of amides is 2. The van der Waals surface area contributed by atoms with Crippen molar-refractivity contribution in [2.75, 3.05) is 10.6 Å². The Hall–Kier alpha value is -3.14. The van der Waals surface area contributed by atoms with Crippen LogP contribution >= 0.6 is 0 Å². The zero-order valence-corrected chi connectivity index (χ0v) is 31.2. The van der Waals surface area contributed by atoms with Crippen LogP contribution < -0.4 is 10.6 Å². The van der Waals surface area contributed by atoms with Gasteiger partial charge in [-0.1, -0.05) is 0 Å². The van der Waals surface area contributed by atoms with Gasteiger partial charge >= 0.3 is 284 Å². The molecule has 6 aromatic rings. The van der Waals surface area contributed by atoms with E-state index in [0.717, 1.165) is 22.1 Å². The molecule has 1 radical (unpaired) electrons. The molecular weight excluding hydrogens is 1020 g/mol. The van der Waals surface area contributed by atoms with E-state index in [1.807, 2.05) is 12.1 Å². The van der Waals surface area contributed by atoms with Crippen LogP contribution in [-0.4, -0.2) is 77.4 Å². The van der Waals surface area contributed by atoms with Crippen LogP contribution in [0, 0.1) is 0 Å². The van der Waals surface area contributed by atoms with Crippen molar-refractivity contribution in [3.8, 4) is 0 Å². The summed E-state index contributed by atoms with van der Waals surface area (Å²) in [5.74, 6) is 0. The van der Waals surface area contributed by atoms with Crippen LogP contribution in [-0.2, 0) is 47.6 Å². The predicted molar refractivity (Wildman–Crippen MR) is 175 cm³/mol. The second-order valence-electron chi connectivity index (χ2n) is 8.88. The molecule has 0 bridgehead atoms. The summed E-state index contributed by atoms with van der Waals surface area (Å²) in [4.78, 5) is 62.2. The molecule has 0 fully saturated rings. The van der Waals surface area contributed by atoms with Crippen molar-refractivity contribution in [1.29, 1.82) is 0 Å². The van der Waals surface area contributed by atoms with Crippen molar-refractivity contribution in [3.63, 3.8) is 0 Å². The first-order valence-corrected chi connectivity index (χ1v) is 18.2. The second kappa shape index (κ2) is 16.4. The smallest absolute Gasteiger partial charge is 0 e. The molecule has 2 heterocycles. The maximum atomic E-state index is 12.0. The average molecular weight is 1040 g/mol. The fourth-order valence-corrected chi connectivity index (χ4v) is 7.64. The number of H-pyrrole nitrogens is 2. The first kappa shape index (κ1) is 34.7. The number of benzene rings is 4. The fraction of sp³-hybridized carbons (Fsp3) is 0. The maximum Gasteiger partial charge on any atom is 0 e.